The number of aromatic hydroxyl groups is 2. The Kier molecular flexibility index (Phi) is 13.3. The molecule has 6 rings (SSSR count). The smallest absolute Gasteiger partial charge is 0.209 e. The molecule has 2 N–H and O–H groups in total. The van der Waals surface area contributed by atoms with Crippen molar-refractivity contribution >= 4 is 109 Å². The molecule has 0 spiro atoms. The number of aliphatic imine (C=N–C) groups is 2. The maximum absolute atomic E-state index is 10.0. The molecule has 0 fully saturated rings. The Balaban J connectivity index is 0.000000200. The van der Waals surface area contributed by atoms with Crippen molar-refractivity contribution in [2.24, 2.45) is 9.98 Å². The predicted molar refractivity (Wildman–Crippen MR) is 197 cm³/mol. The van der Waals surface area contributed by atoms with E-state index in [1.54, 1.807) is 36.7 Å². The number of phenols is 2. The van der Waals surface area contributed by atoms with Gasteiger partial charge in [-0.25, -0.2) is 20.0 Å². The Morgan fingerprint density at radius 2 is 0.956 bits per heavy atom. The average molecular weight is 940 g/mol. The summed E-state index contributed by atoms with van der Waals surface area (Å²) < 4.78 is 2.96. The number of nitrogens with zero attached hydrogens (tertiary/aromatic N) is 4. The SMILES string of the molecule is Oc1c(Br)cc(Br)cc1C=Nc1nc(-c2ccccc2)cs1.Oc1c(Br)cc(Br)cc1C=Nc1nc(-c2ccccc2)cs1.[Cu]. The van der Waals surface area contributed by atoms with Gasteiger partial charge in [0.25, 0.3) is 0 Å². The summed E-state index contributed by atoms with van der Waals surface area (Å²) >= 11 is 16.3. The van der Waals surface area contributed by atoms with Crippen molar-refractivity contribution in [1.82, 2.24) is 9.97 Å². The molecule has 0 bridgehead atoms. The van der Waals surface area contributed by atoms with Crippen LogP contribution < -0.4 is 0 Å². The molecule has 0 saturated carbocycles. The van der Waals surface area contributed by atoms with E-state index in [-0.39, 0.29) is 28.6 Å². The summed E-state index contributed by atoms with van der Waals surface area (Å²) in [6.07, 6.45) is 3.22. The molecule has 13 heteroatoms. The van der Waals surface area contributed by atoms with Gasteiger partial charge in [-0.15, -0.1) is 22.7 Å². The Hall–Kier alpha value is -2.48. The van der Waals surface area contributed by atoms with E-state index in [2.05, 4.69) is 83.7 Å². The minimum Gasteiger partial charge on any atom is -0.506 e. The zero-order valence-corrected chi connectivity index (χ0v) is 31.6. The van der Waals surface area contributed by atoms with Gasteiger partial charge in [0, 0.05) is 71.5 Å². The average Bonchev–Trinajstić information content (AvgIpc) is 3.71. The monoisotopic (exact) mass is 935 g/mol. The van der Waals surface area contributed by atoms with Gasteiger partial charge in [0.1, 0.15) is 11.5 Å². The summed E-state index contributed by atoms with van der Waals surface area (Å²) in [4.78, 5) is 17.7. The third-order valence-electron chi connectivity index (χ3n) is 5.87. The topological polar surface area (TPSA) is 91.0 Å². The molecule has 45 heavy (non-hydrogen) atoms. The Bertz CT molecular complexity index is 1810. The van der Waals surface area contributed by atoms with E-state index in [9.17, 15) is 10.2 Å². The van der Waals surface area contributed by atoms with E-state index in [4.69, 9.17) is 0 Å². The van der Waals surface area contributed by atoms with E-state index >= 15 is 0 Å². The van der Waals surface area contributed by atoms with Gasteiger partial charge in [0.15, 0.2) is 0 Å². The van der Waals surface area contributed by atoms with Crippen molar-refractivity contribution in [1.29, 1.82) is 0 Å². The van der Waals surface area contributed by atoms with Gasteiger partial charge in [-0.3, -0.25) is 0 Å². The molecule has 0 unspecified atom stereocenters. The van der Waals surface area contributed by atoms with E-state index in [1.165, 1.54) is 22.7 Å². The van der Waals surface area contributed by atoms with Gasteiger partial charge in [-0.05, 0) is 56.1 Å². The summed E-state index contributed by atoms with van der Waals surface area (Å²) in [6.45, 7) is 0. The number of hydrogen-bond acceptors (Lipinski definition) is 8. The number of benzene rings is 4. The maximum Gasteiger partial charge on any atom is 0.209 e. The number of aromatic nitrogens is 2. The van der Waals surface area contributed by atoms with Gasteiger partial charge in [0.05, 0.1) is 20.3 Å². The van der Waals surface area contributed by atoms with Crippen molar-refractivity contribution in [2.45, 2.75) is 0 Å². The third-order valence-corrected chi connectivity index (χ3v) is 9.49. The third kappa shape index (κ3) is 9.76. The first kappa shape index (κ1) is 35.4. The fourth-order valence-corrected chi connectivity index (χ4v) is 7.61. The second-order valence-corrected chi connectivity index (χ2v) is 14.1. The van der Waals surface area contributed by atoms with Crippen LogP contribution in [0, 0.1) is 0 Å². The summed E-state index contributed by atoms with van der Waals surface area (Å²) in [5.41, 5.74) is 5.17. The quantitative estimate of drug-likeness (QED) is 0.129. The second kappa shape index (κ2) is 16.9. The number of halogens is 4. The van der Waals surface area contributed by atoms with Crippen LogP contribution in [0.25, 0.3) is 22.5 Å². The fourth-order valence-electron chi connectivity index (χ4n) is 3.75. The van der Waals surface area contributed by atoms with Gasteiger partial charge in [0.2, 0.25) is 10.3 Å². The second-order valence-electron chi connectivity index (χ2n) is 8.93. The Labute approximate surface area is 312 Å². The van der Waals surface area contributed by atoms with Gasteiger partial charge >= 0.3 is 0 Å². The number of thiazole rings is 2. The van der Waals surface area contributed by atoms with Crippen LogP contribution in [0.1, 0.15) is 11.1 Å². The molecular weight excluding hydrogens is 920 g/mol. The molecule has 6 aromatic rings. The van der Waals surface area contributed by atoms with Crippen molar-refractivity contribution < 1.29 is 27.3 Å². The predicted octanol–water partition coefficient (Wildman–Crippen LogP) is 11.6. The van der Waals surface area contributed by atoms with Crippen LogP contribution in [-0.2, 0) is 17.1 Å². The van der Waals surface area contributed by atoms with Crippen LogP contribution in [0.15, 0.2) is 124 Å². The minimum absolute atomic E-state index is 0. The zero-order valence-electron chi connectivity index (χ0n) is 22.7. The number of rotatable bonds is 6. The summed E-state index contributed by atoms with van der Waals surface area (Å²) in [5, 5.41) is 25.3. The van der Waals surface area contributed by atoms with Crippen LogP contribution in [-0.4, -0.2) is 32.6 Å². The van der Waals surface area contributed by atoms with E-state index in [1.807, 2.05) is 71.4 Å². The largest absolute Gasteiger partial charge is 0.506 e. The molecular formula is C32H20Br4CuN4O2S2. The van der Waals surface area contributed by atoms with Gasteiger partial charge < -0.3 is 10.2 Å². The van der Waals surface area contributed by atoms with E-state index in [0.29, 0.717) is 30.3 Å². The molecule has 0 saturated heterocycles. The number of hydrogen-bond donors (Lipinski definition) is 2. The zero-order chi connectivity index (χ0) is 31.1. The van der Waals surface area contributed by atoms with Crippen LogP contribution in [0.4, 0.5) is 10.3 Å². The summed E-state index contributed by atoms with van der Waals surface area (Å²) in [5.74, 6) is 0.318. The molecule has 2 heterocycles. The van der Waals surface area contributed by atoms with Gasteiger partial charge in [-0.2, -0.15) is 0 Å². The van der Waals surface area contributed by atoms with Crippen molar-refractivity contribution in [3.8, 4) is 34.0 Å². The normalized spacial score (nSPS) is 10.9. The molecule has 0 aliphatic carbocycles. The van der Waals surface area contributed by atoms with Crippen LogP contribution in [0.5, 0.6) is 11.5 Å². The molecule has 2 aromatic heterocycles. The molecule has 0 aliphatic rings. The van der Waals surface area contributed by atoms with Crippen molar-refractivity contribution in [2.75, 3.05) is 0 Å². The van der Waals surface area contributed by atoms with E-state index < -0.39 is 0 Å². The first-order valence-electron chi connectivity index (χ1n) is 12.7. The fraction of sp³-hybridized carbons (Fsp3) is 0. The van der Waals surface area contributed by atoms with Crippen molar-refractivity contribution in [3.05, 3.63) is 125 Å². The van der Waals surface area contributed by atoms with Crippen LogP contribution >= 0.6 is 86.4 Å². The standard InChI is InChI=1S/2C16H10Br2N2OS.Cu/c2*17-12-6-11(15(21)13(18)7-12)8-19-16-20-14(9-22-16)10-4-2-1-3-5-10;/h2*1-9,21H;. The Morgan fingerprint density at radius 3 is 1.33 bits per heavy atom. The molecule has 0 amide bonds. The molecule has 0 aliphatic heterocycles. The molecule has 6 nitrogen and oxygen atoms in total. The van der Waals surface area contributed by atoms with E-state index in [0.717, 1.165) is 31.5 Å². The minimum atomic E-state index is 0. The first-order valence-corrected chi connectivity index (χ1v) is 17.7. The van der Waals surface area contributed by atoms with Crippen LogP contribution in [0.2, 0.25) is 0 Å². The molecule has 1 radical (unpaired) electrons. The number of phenolic OH excluding ortho intramolecular Hbond substituents is 2. The Morgan fingerprint density at radius 1 is 0.578 bits per heavy atom. The molecule has 231 valence electrons. The van der Waals surface area contributed by atoms with Crippen molar-refractivity contribution in [3.63, 3.8) is 0 Å². The maximum atomic E-state index is 10.0. The first-order chi connectivity index (χ1) is 21.3. The molecule has 0 atom stereocenters. The summed E-state index contributed by atoms with van der Waals surface area (Å²) in [7, 11) is 0. The van der Waals surface area contributed by atoms with Crippen LogP contribution in [0.3, 0.4) is 0 Å². The molecule has 4 aromatic carbocycles. The summed E-state index contributed by atoms with van der Waals surface area (Å²) in [6, 6.07) is 27.1. The van der Waals surface area contributed by atoms with Gasteiger partial charge in [-0.1, -0.05) is 92.5 Å².